The number of carbonyl (C=O) groups excluding carboxylic acids is 1. The molecule has 0 aliphatic carbocycles. The maximum absolute atomic E-state index is 11.8. The molecule has 17 heavy (non-hydrogen) atoms. The average Bonchev–Trinajstić information content (AvgIpc) is 2.72. The number of likely N-dealkylation sites (tertiary alicyclic amines) is 1. The Kier molecular flexibility index (Phi) is 2.99. The summed E-state index contributed by atoms with van der Waals surface area (Å²) in [6.45, 7) is 6.34. The van der Waals surface area contributed by atoms with Crippen molar-refractivity contribution >= 4 is 11.8 Å². The van der Waals surface area contributed by atoms with Crippen LogP contribution in [0.2, 0.25) is 0 Å². The molecular formula is C11H18N2O4. The molecule has 6 nitrogen and oxygen atoms in total. The predicted molar refractivity (Wildman–Crippen MR) is 60.7 cm³/mol. The normalized spacial score (nSPS) is 27.5. The zero-order valence-corrected chi connectivity index (χ0v) is 10.3. The van der Waals surface area contributed by atoms with Gasteiger partial charge in [-0.05, 0) is 20.8 Å². The summed E-state index contributed by atoms with van der Waals surface area (Å²) in [7, 11) is 0. The van der Waals surface area contributed by atoms with Gasteiger partial charge in [0, 0.05) is 6.54 Å². The molecule has 0 aromatic heterocycles. The highest BCUT2D eigenvalue weighted by Crippen LogP contribution is 2.27. The molecule has 0 radical (unpaired) electrons. The first-order chi connectivity index (χ1) is 7.90. The molecule has 0 aromatic carbocycles. The molecule has 2 aliphatic heterocycles. The van der Waals surface area contributed by atoms with Gasteiger partial charge in [0.05, 0.1) is 24.8 Å². The number of nitrogens with zero attached hydrogens (tertiary/aromatic N) is 2. The van der Waals surface area contributed by atoms with Crippen molar-refractivity contribution in [1.82, 2.24) is 4.90 Å². The Hall–Kier alpha value is -1.30. The van der Waals surface area contributed by atoms with Gasteiger partial charge >= 0.3 is 6.09 Å². The Morgan fingerprint density at radius 2 is 2.29 bits per heavy atom. The van der Waals surface area contributed by atoms with E-state index in [4.69, 9.17) is 14.7 Å². The third-order valence-electron chi connectivity index (χ3n) is 2.81. The minimum Gasteiger partial charge on any atom is -0.444 e. The van der Waals surface area contributed by atoms with Crippen LogP contribution in [-0.2, 0) is 9.57 Å². The molecule has 1 saturated heterocycles. The molecule has 1 fully saturated rings. The van der Waals surface area contributed by atoms with Gasteiger partial charge in [-0.3, -0.25) is 0 Å². The second-order valence-corrected chi connectivity index (χ2v) is 5.38. The number of fused-ring (bicyclic) bond motifs is 1. The van der Waals surface area contributed by atoms with Crippen LogP contribution in [0, 0.1) is 5.92 Å². The third kappa shape index (κ3) is 2.52. The molecule has 2 aliphatic rings. The molecule has 2 atom stereocenters. The van der Waals surface area contributed by atoms with Gasteiger partial charge in [-0.15, -0.1) is 0 Å². The van der Waals surface area contributed by atoms with E-state index in [9.17, 15) is 4.79 Å². The molecule has 1 amide bonds. The summed E-state index contributed by atoms with van der Waals surface area (Å²) >= 11 is 0. The van der Waals surface area contributed by atoms with Crippen LogP contribution in [0.5, 0.6) is 0 Å². The van der Waals surface area contributed by atoms with E-state index >= 15 is 0 Å². The van der Waals surface area contributed by atoms with E-state index in [-0.39, 0.29) is 24.7 Å². The van der Waals surface area contributed by atoms with Gasteiger partial charge in [-0.2, -0.15) is 0 Å². The first-order valence-electron chi connectivity index (χ1n) is 5.72. The third-order valence-corrected chi connectivity index (χ3v) is 2.81. The molecule has 0 spiro atoms. The summed E-state index contributed by atoms with van der Waals surface area (Å²) in [5.41, 5.74) is 0.116. The van der Waals surface area contributed by atoms with Crippen LogP contribution >= 0.6 is 0 Å². The summed E-state index contributed by atoms with van der Waals surface area (Å²) in [5.74, 6) is 0.00696. The number of carbonyl (C=O) groups is 1. The van der Waals surface area contributed by atoms with Crippen molar-refractivity contribution in [2.24, 2.45) is 11.1 Å². The highest BCUT2D eigenvalue weighted by atomic mass is 16.6. The average molecular weight is 242 g/mol. The van der Waals surface area contributed by atoms with Crippen molar-refractivity contribution in [3.63, 3.8) is 0 Å². The van der Waals surface area contributed by atoms with Gasteiger partial charge in [0.1, 0.15) is 5.60 Å². The Morgan fingerprint density at radius 1 is 1.59 bits per heavy atom. The van der Waals surface area contributed by atoms with E-state index in [1.165, 1.54) is 0 Å². The van der Waals surface area contributed by atoms with Crippen molar-refractivity contribution in [2.45, 2.75) is 32.5 Å². The second kappa shape index (κ2) is 4.18. The second-order valence-electron chi connectivity index (χ2n) is 5.38. The predicted octanol–water partition coefficient (Wildman–Crippen LogP) is 0.600. The van der Waals surface area contributed by atoms with Crippen molar-refractivity contribution in [1.29, 1.82) is 0 Å². The van der Waals surface area contributed by atoms with E-state index in [2.05, 4.69) is 5.16 Å². The topological polar surface area (TPSA) is 71.4 Å². The highest BCUT2D eigenvalue weighted by Gasteiger charge is 2.44. The number of aliphatic hydroxyl groups excluding tert-OH is 1. The zero-order valence-electron chi connectivity index (χ0n) is 10.3. The smallest absolute Gasteiger partial charge is 0.410 e. The van der Waals surface area contributed by atoms with Gasteiger partial charge in [0.15, 0.2) is 6.10 Å². The number of hydrogen-bond acceptors (Lipinski definition) is 5. The lowest BCUT2D eigenvalue weighted by Gasteiger charge is -2.24. The van der Waals surface area contributed by atoms with Crippen LogP contribution in [0.1, 0.15) is 20.8 Å². The minimum absolute atomic E-state index is 0.00696. The Bertz CT molecular complexity index is 348. The Labute approximate surface area is 100 Å². The maximum Gasteiger partial charge on any atom is 0.410 e. The fraction of sp³-hybridized carbons (Fsp3) is 0.818. The summed E-state index contributed by atoms with van der Waals surface area (Å²) < 4.78 is 5.28. The lowest BCUT2D eigenvalue weighted by molar-refractivity contribution is 0.0227. The van der Waals surface area contributed by atoms with E-state index in [0.717, 1.165) is 0 Å². The minimum atomic E-state index is -0.496. The van der Waals surface area contributed by atoms with Crippen molar-refractivity contribution < 1.29 is 19.5 Å². The highest BCUT2D eigenvalue weighted by molar-refractivity contribution is 5.90. The van der Waals surface area contributed by atoms with Crippen LogP contribution in [-0.4, -0.2) is 53.2 Å². The van der Waals surface area contributed by atoms with E-state index < -0.39 is 5.60 Å². The number of hydrogen-bond donors (Lipinski definition) is 1. The zero-order chi connectivity index (χ0) is 12.6. The van der Waals surface area contributed by atoms with Crippen molar-refractivity contribution in [3.8, 4) is 0 Å². The molecule has 0 unspecified atom stereocenters. The monoisotopic (exact) mass is 242 g/mol. The molecule has 6 heteroatoms. The maximum atomic E-state index is 11.8. The van der Waals surface area contributed by atoms with Crippen LogP contribution in [0.15, 0.2) is 5.16 Å². The standard InChI is InChI=1S/C11H18N2O4/c1-11(2,3)16-10(15)13-4-7-8(6-14)12-17-9(7)5-13/h7,9,14H,4-6H2,1-3H3/t7-,9+/m1/s1. The first-order valence-corrected chi connectivity index (χ1v) is 5.72. The van der Waals surface area contributed by atoms with Crippen LogP contribution < -0.4 is 0 Å². The summed E-state index contributed by atoms with van der Waals surface area (Å²) in [6.07, 6.45) is -0.475. The SMILES string of the molecule is CC(C)(C)OC(=O)N1C[C@@H]2ON=C(CO)[C@H]2C1. The van der Waals surface area contributed by atoms with Crippen molar-refractivity contribution in [2.75, 3.05) is 19.7 Å². The molecule has 0 aromatic rings. The number of oxime groups is 1. The van der Waals surface area contributed by atoms with E-state index in [0.29, 0.717) is 18.8 Å². The molecule has 2 rings (SSSR count). The summed E-state index contributed by atoms with van der Waals surface area (Å²) in [4.78, 5) is 18.6. The van der Waals surface area contributed by atoms with Crippen LogP contribution in [0.25, 0.3) is 0 Å². The lowest BCUT2D eigenvalue weighted by Crippen LogP contribution is -2.36. The van der Waals surface area contributed by atoms with Gasteiger partial charge in [-0.1, -0.05) is 5.16 Å². The van der Waals surface area contributed by atoms with E-state index in [1.807, 2.05) is 20.8 Å². The van der Waals surface area contributed by atoms with E-state index in [1.54, 1.807) is 4.90 Å². The molecule has 0 bridgehead atoms. The number of amides is 1. The Morgan fingerprint density at radius 3 is 2.88 bits per heavy atom. The Balaban J connectivity index is 1.95. The number of ether oxygens (including phenoxy) is 1. The molecule has 96 valence electrons. The fourth-order valence-electron chi connectivity index (χ4n) is 2.03. The van der Waals surface area contributed by atoms with Gasteiger partial charge < -0.3 is 19.6 Å². The number of rotatable bonds is 1. The number of aliphatic hydroxyl groups is 1. The summed E-state index contributed by atoms with van der Waals surface area (Å²) in [6, 6.07) is 0. The van der Waals surface area contributed by atoms with Gasteiger partial charge in [-0.25, -0.2) is 4.79 Å². The quantitative estimate of drug-likeness (QED) is 0.731. The van der Waals surface area contributed by atoms with Crippen molar-refractivity contribution in [3.05, 3.63) is 0 Å². The lowest BCUT2D eigenvalue weighted by atomic mass is 10.0. The molecular weight excluding hydrogens is 224 g/mol. The van der Waals surface area contributed by atoms with Crippen LogP contribution in [0.3, 0.4) is 0 Å². The van der Waals surface area contributed by atoms with Crippen LogP contribution in [0.4, 0.5) is 4.79 Å². The van der Waals surface area contributed by atoms with Gasteiger partial charge in [0.2, 0.25) is 0 Å². The summed E-state index contributed by atoms with van der Waals surface area (Å²) in [5, 5.41) is 12.9. The molecule has 0 saturated carbocycles. The largest absolute Gasteiger partial charge is 0.444 e. The van der Waals surface area contributed by atoms with Gasteiger partial charge in [0.25, 0.3) is 0 Å². The molecule has 1 N–H and O–H groups in total. The molecule has 2 heterocycles. The fourth-order valence-corrected chi connectivity index (χ4v) is 2.03. The first kappa shape index (κ1) is 12.2.